The van der Waals surface area contributed by atoms with Crippen LogP contribution in [0.25, 0.3) is 0 Å². The standard InChI is InChI=1S/C7H11N/c1-3(2)8-7-4-5(7)6(4)7/h3-6,8H,1-2H3. The molecule has 4 fully saturated rings. The van der Waals surface area contributed by atoms with Crippen molar-refractivity contribution in [2.45, 2.75) is 25.4 Å². The SMILES string of the molecule is CC(C)NC12C3C1C32. The van der Waals surface area contributed by atoms with E-state index in [1.54, 1.807) is 0 Å². The van der Waals surface area contributed by atoms with Crippen LogP contribution in [0.2, 0.25) is 0 Å². The third kappa shape index (κ3) is 0.202. The Bertz CT molecular complexity index is 134. The lowest BCUT2D eigenvalue weighted by atomic mass is 10.4. The van der Waals surface area contributed by atoms with E-state index >= 15 is 0 Å². The summed E-state index contributed by atoms with van der Waals surface area (Å²) in [7, 11) is 0. The van der Waals surface area contributed by atoms with Crippen LogP contribution in [0.5, 0.6) is 0 Å². The van der Waals surface area contributed by atoms with Crippen LogP contribution in [0.15, 0.2) is 0 Å². The van der Waals surface area contributed by atoms with Gasteiger partial charge in [0.25, 0.3) is 0 Å². The maximum absolute atomic E-state index is 3.60. The molecule has 1 nitrogen and oxygen atoms in total. The Labute approximate surface area is 49.5 Å². The van der Waals surface area contributed by atoms with Crippen LogP contribution in [0.1, 0.15) is 13.8 Å². The molecule has 4 rings (SSSR count). The minimum Gasteiger partial charge on any atom is -0.308 e. The fraction of sp³-hybridized carbons (Fsp3) is 1.00. The van der Waals surface area contributed by atoms with Crippen molar-refractivity contribution in [2.75, 3.05) is 0 Å². The van der Waals surface area contributed by atoms with Gasteiger partial charge in [-0.05, 0) is 17.8 Å². The van der Waals surface area contributed by atoms with Gasteiger partial charge < -0.3 is 5.32 Å². The number of hydrogen-bond acceptors (Lipinski definition) is 1. The van der Waals surface area contributed by atoms with Gasteiger partial charge in [0.2, 0.25) is 0 Å². The molecule has 0 radical (unpaired) electrons. The Balaban J connectivity index is 1.71. The van der Waals surface area contributed by atoms with Gasteiger partial charge in [0.05, 0.1) is 0 Å². The molecule has 0 amide bonds. The zero-order valence-corrected chi connectivity index (χ0v) is 5.31. The zero-order chi connectivity index (χ0) is 5.52. The molecule has 0 heterocycles. The molecular formula is C7H11N. The van der Waals surface area contributed by atoms with Crippen molar-refractivity contribution in [3.8, 4) is 0 Å². The van der Waals surface area contributed by atoms with E-state index in [4.69, 9.17) is 0 Å². The van der Waals surface area contributed by atoms with Gasteiger partial charge in [-0.15, -0.1) is 0 Å². The second kappa shape index (κ2) is 0.688. The quantitative estimate of drug-likeness (QED) is 0.548. The van der Waals surface area contributed by atoms with E-state index < -0.39 is 0 Å². The maximum Gasteiger partial charge on any atom is 0.0289 e. The molecule has 4 aliphatic carbocycles. The molecule has 4 aliphatic rings. The first-order chi connectivity index (χ1) is 3.78. The molecule has 44 valence electrons. The third-order valence-corrected chi connectivity index (χ3v) is 2.89. The van der Waals surface area contributed by atoms with E-state index in [0.29, 0.717) is 0 Å². The van der Waals surface area contributed by atoms with Gasteiger partial charge in [0, 0.05) is 11.6 Å². The lowest BCUT2D eigenvalue weighted by Crippen LogP contribution is -2.26. The van der Waals surface area contributed by atoms with Crippen molar-refractivity contribution < 1.29 is 0 Å². The Hall–Kier alpha value is -0.0400. The zero-order valence-electron chi connectivity index (χ0n) is 5.31. The summed E-state index contributed by atoms with van der Waals surface area (Å²) < 4.78 is 0. The summed E-state index contributed by atoms with van der Waals surface area (Å²) in [6.07, 6.45) is 0. The van der Waals surface area contributed by atoms with Crippen LogP contribution < -0.4 is 5.32 Å². The van der Waals surface area contributed by atoms with Crippen LogP contribution in [0.3, 0.4) is 0 Å². The lowest BCUT2D eigenvalue weighted by molar-refractivity contribution is 0.569. The van der Waals surface area contributed by atoms with Gasteiger partial charge in [0.15, 0.2) is 0 Å². The summed E-state index contributed by atoms with van der Waals surface area (Å²) >= 11 is 0. The Morgan fingerprint density at radius 1 is 1.25 bits per heavy atom. The van der Waals surface area contributed by atoms with Crippen LogP contribution >= 0.6 is 0 Å². The molecular weight excluding hydrogens is 98.1 g/mol. The smallest absolute Gasteiger partial charge is 0.0289 e. The molecule has 0 unspecified atom stereocenters. The van der Waals surface area contributed by atoms with Gasteiger partial charge in [-0.1, -0.05) is 13.8 Å². The van der Waals surface area contributed by atoms with Crippen molar-refractivity contribution in [1.82, 2.24) is 5.32 Å². The van der Waals surface area contributed by atoms with E-state index in [1.807, 2.05) is 0 Å². The molecule has 0 bridgehead atoms. The van der Waals surface area contributed by atoms with Gasteiger partial charge in [-0.25, -0.2) is 0 Å². The molecule has 1 heteroatoms. The Morgan fingerprint density at radius 2 is 1.75 bits per heavy atom. The molecule has 0 saturated heterocycles. The monoisotopic (exact) mass is 109 g/mol. The molecule has 1 N–H and O–H groups in total. The van der Waals surface area contributed by atoms with Crippen molar-refractivity contribution in [3.63, 3.8) is 0 Å². The fourth-order valence-corrected chi connectivity index (χ4v) is 2.14. The second-order valence-corrected chi connectivity index (χ2v) is 3.81. The van der Waals surface area contributed by atoms with Gasteiger partial charge >= 0.3 is 0 Å². The highest BCUT2D eigenvalue weighted by atomic mass is 15.3. The van der Waals surface area contributed by atoms with Crippen molar-refractivity contribution >= 4 is 0 Å². The average Bonchev–Trinajstić information content (AvgIpc) is 2.30. The maximum atomic E-state index is 3.60. The highest BCUT2D eigenvalue weighted by Crippen LogP contribution is 3.02. The lowest BCUT2D eigenvalue weighted by Gasteiger charge is -2.04. The van der Waals surface area contributed by atoms with Crippen molar-refractivity contribution in [2.24, 2.45) is 17.8 Å². The number of hydrogen-bond donors (Lipinski definition) is 1. The molecule has 8 heavy (non-hydrogen) atoms. The normalized spacial score (nSPS) is 70.1. The molecule has 0 aromatic rings. The summed E-state index contributed by atoms with van der Waals surface area (Å²) in [6, 6.07) is 0.718. The first-order valence-corrected chi connectivity index (χ1v) is 3.56. The summed E-state index contributed by atoms with van der Waals surface area (Å²) in [5.41, 5.74) is 0.772. The molecule has 0 aromatic carbocycles. The molecule has 0 aliphatic heterocycles. The summed E-state index contributed by atoms with van der Waals surface area (Å²) in [5, 5.41) is 3.60. The first kappa shape index (κ1) is 3.89. The van der Waals surface area contributed by atoms with Crippen LogP contribution in [0.4, 0.5) is 0 Å². The predicted molar refractivity (Wildman–Crippen MR) is 31.5 cm³/mol. The molecule has 4 saturated carbocycles. The fourth-order valence-electron chi connectivity index (χ4n) is 2.14. The largest absolute Gasteiger partial charge is 0.308 e. The van der Waals surface area contributed by atoms with Crippen molar-refractivity contribution in [1.29, 1.82) is 0 Å². The first-order valence-electron chi connectivity index (χ1n) is 3.56. The van der Waals surface area contributed by atoms with Gasteiger partial charge in [-0.3, -0.25) is 0 Å². The minimum atomic E-state index is 0.718. The minimum absolute atomic E-state index is 0.718. The number of nitrogens with one attached hydrogen (secondary N) is 1. The summed E-state index contributed by atoms with van der Waals surface area (Å²) in [4.78, 5) is 0. The highest BCUT2D eigenvalue weighted by molar-refractivity contribution is 5.61. The van der Waals surface area contributed by atoms with E-state index in [0.717, 1.165) is 11.6 Å². The predicted octanol–water partition coefficient (Wildman–Crippen LogP) is 0.613. The van der Waals surface area contributed by atoms with Crippen LogP contribution in [-0.2, 0) is 0 Å². The van der Waals surface area contributed by atoms with E-state index in [2.05, 4.69) is 19.2 Å². The third-order valence-electron chi connectivity index (χ3n) is 2.89. The van der Waals surface area contributed by atoms with E-state index in [-0.39, 0.29) is 0 Å². The highest BCUT2D eigenvalue weighted by Gasteiger charge is 3.09. The van der Waals surface area contributed by atoms with E-state index in [9.17, 15) is 0 Å². The average molecular weight is 109 g/mol. The summed E-state index contributed by atoms with van der Waals surface area (Å²) in [6.45, 7) is 4.48. The molecule has 0 spiro atoms. The molecule has 0 aromatic heterocycles. The van der Waals surface area contributed by atoms with Crippen molar-refractivity contribution in [3.05, 3.63) is 0 Å². The molecule has 0 atom stereocenters. The van der Waals surface area contributed by atoms with Gasteiger partial charge in [-0.2, -0.15) is 0 Å². The van der Waals surface area contributed by atoms with E-state index in [1.165, 1.54) is 17.8 Å². The van der Waals surface area contributed by atoms with Gasteiger partial charge in [0.1, 0.15) is 0 Å². The topological polar surface area (TPSA) is 12.0 Å². The van der Waals surface area contributed by atoms with Crippen LogP contribution in [-0.4, -0.2) is 11.6 Å². The Kier molecular flexibility index (Phi) is 0.334. The van der Waals surface area contributed by atoms with Crippen LogP contribution in [0, 0.1) is 17.8 Å². The summed E-state index contributed by atoms with van der Waals surface area (Å²) in [5.74, 6) is 3.51. The second-order valence-electron chi connectivity index (χ2n) is 3.81. The number of rotatable bonds is 2. The Morgan fingerprint density at radius 3 is 1.88 bits per heavy atom.